The van der Waals surface area contributed by atoms with Crippen molar-refractivity contribution in [3.05, 3.63) is 0 Å². The van der Waals surface area contributed by atoms with E-state index in [1.54, 1.807) is 0 Å². The minimum absolute atomic E-state index is 0. The Morgan fingerprint density at radius 1 is 1.00 bits per heavy atom. The third-order valence-corrected chi connectivity index (χ3v) is 0. The van der Waals surface area contributed by atoms with Gasteiger partial charge in [0.1, 0.15) is 0 Å². The van der Waals surface area contributed by atoms with E-state index < -0.39 is 9.55 Å². The molecule has 0 heterocycles. The monoisotopic (exact) mass is 215 g/mol. The van der Waals surface area contributed by atoms with Crippen LogP contribution >= 0.6 is 40.0 Å². The molecule has 0 aromatic heterocycles. The molecule has 0 saturated carbocycles. The third kappa shape index (κ3) is 27.0. The molecular weight excluding hydrogens is 214 g/mol. The van der Waals surface area contributed by atoms with Crippen LogP contribution < -0.4 is 0 Å². The number of rotatable bonds is 0. The fraction of sp³-hybridized carbons (Fsp3) is 0. The van der Waals surface area contributed by atoms with E-state index in [4.69, 9.17) is 40.0 Å². The van der Waals surface area contributed by atoms with Crippen LogP contribution in [0.25, 0.3) is 0 Å². The van der Waals surface area contributed by atoms with Crippen LogP contribution in [0.15, 0.2) is 0 Å². The van der Waals surface area contributed by atoms with Crippen molar-refractivity contribution in [3.63, 3.8) is 0 Å². The number of hydrogen-bond acceptors (Lipinski definition) is 0. The molecule has 0 spiro atoms. The van der Waals surface area contributed by atoms with Gasteiger partial charge in [0.25, 0.3) is 0 Å². The Morgan fingerprint density at radius 3 is 1.00 bits per heavy atom. The Hall–Kier alpha value is 1.70. The zero-order chi connectivity index (χ0) is 4.50. The Kier molecular flexibility index (Phi) is 2.85. The number of hydrogen-bond donors (Lipinski definition) is 0. The zero-order valence-corrected chi connectivity index (χ0v) is 7.13. The van der Waals surface area contributed by atoms with Gasteiger partial charge in [0.15, 0.2) is 0 Å². The van der Waals surface area contributed by atoms with E-state index in [0.717, 1.165) is 0 Å². The molecule has 0 amide bonds. The van der Waals surface area contributed by atoms with Gasteiger partial charge in [-0.15, -0.1) is 0 Å². The van der Waals surface area contributed by atoms with Gasteiger partial charge in [-0.25, -0.2) is 0 Å². The normalized spacial score (nSPS) is 12.0. The minimum atomic E-state index is -3.11. The molecule has 0 unspecified atom stereocenters. The summed E-state index contributed by atoms with van der Waals surface area (Å²) >= 11 is 0. The standard InChI is InChI=1S/Cl4Ge/c1-5(2,3)4/p+1. The molecule has 0 aliphatic carbocycles. The van der Waals surface area contributed by atoms with Gasteiger partial charge < -0.3 is 0 Å². The van der Waals surface area contributed by atoms with Gasteiger partial charge in [0.2, 0.25) is 0 Å². The molecule has 0 radical (unpaired) electrons. The van der Waals surface area contributed by atoms with E-state index in [9.17, 15) is 0 Å². The fourth-order valence-electron chi connectivity index (χ4n) is 0. The van der Waals surface area contributed by atoms with Crippen molar-refractivity contribution in [2.75, 3.05) is 0 Å². The molecule has 0 bridgehead atoms. The van der Waals surface area contributed by atoms with Crippen LogP contribution in [0.1, 0.15) is 1.43 Å². The Labute approximate surface area is 50.9 Å². The van der Waals surface area contributed by atoms with Gasteiger partial charge in [0.05, 0.1) is 0 Å². The summed E-state index contributed by atoms with van der Waals surface area (Å²) in [5, 5.41) is 0. The van der Waals surface area contributed by atoms with E-state index in [-0.39, 0.29) is 1.43 Å². The maximum absolute atomic E-state index is 5.01. The summed E-state index contributed by atoms with van der Waals surface area (Å²) in [5.74, 6) is 0. The molecule has 32 valence electrons. The van der Waals surface area contributed by atoms with Crippen molar-refractivity contribution in [1.29, 1.82) is 0 Å². The smallest absolute Gasteiger partial charge is 1.00 e. The van der Waals surface area contributed by atoms with E-state index in [1.165, 1.54) is 0 Å². The van der Waals surface area contributed by atoms with Crippen LogP contribution in [0.4, 0.5) is 0 Å². The van der Waals surface area contributed by atoms with Gasteiger partial charge in [0, 0.05) is 0 Å². The predicted octanol–water partition coefficient (Wildman–Crippen LogP) is 2.49. The molecule has 0 aromatic rings. The van der Waals surface area contributed by atoms with Gasteiger partial charge in [-0.2, -0.15) is 0 Å². The van der Waals surface area contributed by atoms with Gasteiger partial charge >= 0.3 is 51.0 Å². The first-order chi connectivity index (χ1) is 2.00. The minimum Gasteiger partial charge on any atom is 1.00 e. The molecule has 0 aromatic carbocycles. The summed E-state index contributed by atoms with van der Waals surface area (Å²) in [6.45, 7) is 0. The Morgan fingerprint density at radius 2 is 1.00 bits per heavy atom. The fourth-order valence-corrected chi connectivity index (χ4v) is 0. The van der Waals surface area contributed by atoms with Crippen molar-refractivity contribution in [2.24, 2.45) is 0 Å². The van der Waals surface area contributed by atoms with Crippen LogP contribution in [0.5, 0.6) is 0 Å². The van der Waals surface area contributed by atoms with Gasteiger partial charge in [-0.3, -0.25) is 0 Å². The molecule has 0 nitrogen and oxygen atoms in total. The van der Waals surface area contributed by atoms with E-state index in [2.05, 4.69) is 0 Å². The molecule has 5 heteroatoms. The summed E-state index contributed by atoms with van der Waals surface area (Å²) in [7, 11) is 16.9. The number of halogens is 4. The second kappa shape index (κ2) is 2.13. The first-order valence-corrected chi connectivity index (χ1v) is 11.8. The molecule has 0 atom stereocenters. The molecule has 0 rings (SSSR count). The van der Waals surface area contributed by atoms with Crippen molar-refractivity contribution in [2.45, 2.75) is 0 Å². The molecular formula is HCl4Ge+. The molecule has 0 N–H and O–H groups in total. The van der Waals surface area contributed by atoms with Crippen LogP contribution in [0.2, 0.25) is 0 Å². The van der Waals surface area contributed by atoms with Crippen molar-refractivity contribution in [3.8, 4) is 0 Å². The molecule has 0 fully saturated rings. The second-order valence-electron chi connectivity index (χ2n) is 0.429. The first kappa shape index (κ1) is 6.70. The van der Waals surface area contributed by atoms with E-state index >= 15 is 0 Å². The maximum Gasteiger partial charge on any atom is 1.00 e. The summed E-state index contributed by atoms with van der Waals surface area (Å²) in [4.78, 5) is 0. The Bertz CT molecular complexity index is 23.0. The molecule has 0 aliphatic heterocycles. The predicted molar refractivity (Wildman–Crippen MR) is 30.3 cm³/mol. The average molecular weight is 215 g/mol. The van der Waals surface area contributed by atoms with Crippen molar-refractivity contribution < 1.29 is 1.43 Å². The topological polar surface area (TPSA) is 0 Å². The summed E-state index contributed by atoms with van der Waals surface area (Å²) in [6, 6.07) is 0. The van der Waals surface area contributed by atoms with E-state index in [0.29, 0.717) is 0 Å². The summed E-state index contributed by atoms with van der Waals surface area (Å²) in [6.07, 6.45) is 0. The third-order valence-electron chi connectivity index (χ3n) is 0. The van der Waals surface area contributed by atoms with Crippen molar-refractivity contribution in [1.82, 2.24) is 0 Å². The SMILES string of the molecule is [Cl][Ge]([Cl])([Cl])[Cl].[H+]. The maximum atomic E-state index is 5.01. The molecule has 5 heavy (non-hydrogen) atoms. The Balaban J connectivity index is 0. The van der Waals surface area contributed by atoms with Crippen LogP contribution in [0, 0.1) is 0 Å². The van der Waals surface area contributed by atoms with Crippen LogP contribution in [-0.4, -0.2) is 9.55 Å². The van der Waals surface area contributed by atoms with Gasteiger partial charge in [-0.1, -0.05) is 0 Å². The first-order valence-electron chi connectivity index (χ1n) is 0.756. The second-order valence-corrected chi connectivity index (χ2v) is 20.0. The van der Waals surface area contributed by atoms with Crippen LogP contribution in [0.3, 0.4) is 0 Å². The average Bonchev–Trinajstić information content (AvgIpc) is 0.722. The van der Waals surface area contributed by atoms with Crippen molar-refractivity contribution >= 4 is 49.6 Å². The van der Waals surface area contributed by atoms with Gasteiger partial charge in [-0.05, 0) is 0 Å². The largest absolute Gasteiger partial charge is 1.00 e. The molecule has 0 aliphatic rings. The molecule has 0 saturated heterocycles. The quantitative estimate of drug-likeness (QED) is 0.545. The summed E-state index contributed by atoms with van der Waals surface area (Å²) < 4.78 is 0. The van der Waals surface area contributed by atoms with E-state index in [1.807, 2.05) is 0 Å². The van der Waals surface area contributed by atoms with Crippen LogP contribution in [-0.2, 0) is 0 Å². The zero-order valence-electron chi connectivity index (χ0n) is 3.01. The summed E-state index contributed by atoms with van der Waals surface area (Å²) in [5.41, 5.74) is 0.